The van der Waals surface area contributed by atoms with E-state index in [1.807, 2.05) is 12.1 Å². The monoisotopic (exact) mass is 314 g/mol. The third kappa shape index (κ3) is 5.48. The fourth-order valence-electron chi connectivity index (χ4n) is 1.87. The zero-order valence-electron chi connectivity index (χ0n) is 11.2. The second kappa shape index (κ2) is 8.64. The number of likely N-dealkylation sites (N-methyl/N-ethyl adjacent to an activating group) is 1. The van der Waals surface area contributed by atoms with Crippen molar-refractivity contribution in [2.45, 2.75) is 19.4 Å². The van der Waals surface area contributed by atoms with Crippen LogP contribution in [-0.4, -0.2) is 38.3 Å². The highest BCUT2D eigenvalue weighted by atomic mass is 79.9. The molecule has 0 aliphatic carbocycles. The molecule has 4 heteroatoms. The van der Waals surface area contributed by atoms with E-state index in [1.165, 1.54) is 5.56 Å². The van der Waals surface area contributed by atoms with Crippen LogP contribution in [0, 0.1) is 0 Å². The van der Waals surface area contributed by atoms with Crippen LogP contribution in [0.5, 0.6) is 0 Å². The Labute approximate surface area is 118 Å². The predicted molar refractivity (Wildman–Crippen MR) is 79.7 cm³/mol. The molecule has 2 N–H and O–H groups in total. The van der Waals surface area contributed by atoms with Crippen LogP contribution in [0.2, 0.25) is 0 Å². The molecule has 102 valence electrons. The van der Waals surface area contributed by atoms with Crippen LogP contribution in [0.3, 0.4) is 0 Å². The van der Waals surface area contributed by atoms with Crippen LogP contribution in [0.4, 0.5) is 0 Å². The zero-order chi connectivity index (χ0) is 13.4. The Kier molecular flexibility index (Phi) is 7.51. The molecular formula is C14H23BrN2O. The van der Waals surface area contributed by atoms with Crippen LogP contribution in [-0.2, 0) is 4.74 Å². The summed E-state index contributed by atoms with van der Waals surface area (Å²) in [6.07, 6.45) is 0.966. The lowest BCUT2D eigenvalue weighted by Crippen LogP contribution is -2.30. The topological polar surface area (TPSA) is 38.5 Å². The molecule has 0 heterocycles. The number of nitrogens with zero attached hydrogens (tertiary/aromatic N) is 1. The van der Waals surface area contributed by atoms with Crippen molar-refractivity contribution in [2.24, 2.45) is 5.73 Å². The number of ether oxygens (including phenoxy) is 1. The van der Waals surface area contributed by atoms with Gasteiger partial charge < -0.3 is 15.4 Å². The van der Waals surface area contributed by atoms with Crippen molar-refractivity contribution < 1.29 is 4.74 Å². The Bertz CT molecular complexity index is 346. The van der Waals surface area contributed by atoms with E-state index in [4.69, 9.17) is 10.5 Å². The van der Waals surface area contributed by atoms with Crippen LogP contribution in [0.1, 0.15) is 24.9 Å². The zero-order valence-corrected chi connectivity index (χ0v) is 12.8. The normalized spacial score (nSPS) is 12.9. The van der Waals surface area contributed by atoms with Crippen molar-refractivity contribution >= 4 is 15.9 Å². The SMILES string of the molecule is CCN(CCOC)CCC(N)c1cccc(Br)c1. The Balaban J connectivity index is 2.42. The highest BCUT2D eigenvalue weighted by Crippen LogP contribution is 2.19. The molecule has 0 radical (unpaired) electrons. The molecule has 0 spiro atoms. The highest BCUT2D eigenvalue weighted by molar-refractivity contribution is 9.10. The molecule has 0 saturated heterocycles. The van der Waals surface area contributed by atoms with E-state index in [1.54, 1.807) is 7.11 Å². The van der Waals surface area contributed by atoms with E-state index in [9.17, 15) is 0 Å². The fourth-order valence-corrected chi connectivity index (χ4v) is 2.29. The van der Waals surface area contributed by atoms with Gasteiger partial charge in [-0.05, 0) is 30.7 Å². The van der Waals surface area contributed by atoms with Gasteiger partial charge in [0.2, 0.25) is 0 Å². The molecule has 0 fully saturated rings. The number of hydrogen-bond acceptors (Lipinski definition) is 3. The quantitative estimate of drug-likeness (QED) is 0.802. The molecule has 0 bridgehead atoms. The van der Waals surface area contributed by atoms with Gasteiger partial charge in [0.15, 0.2) is 0 Å². The lowest BCUT2D eigenvalue weighted by molar-refractivity contribution is 0.149. The van der Waals surface area contributed by atoms with Gasteiger partial charge in [0.25, 0.3) is 0 Å². The van der Waals surface area contributed by atoms with Gasteiger partial charge in [-0.15, -0.1) is 0 Å². The Morgan fingerprint density at radius 1 is 1.39 bits per heavy atom. The summed E-state index contributed by atoms with van der Waals surface area (Å²) in [5, 5.41) is 0. The summed E-state index contributed by atoms with van der Waals surface area (Å²) in [6, 6.07) is 8.32. The minimum Gasteiger partial charge on any atom is -0.383 e. The number of benzene rings is 1. The van der Waals surface area contributed by atoms with Crippen molar-refractivity contribution in [3.63, 3.8) is 0 Å². The van der Waals surface area contributed by atoms with Crippen molar-refractivity contribution in [1.82, 2.24) is 4.90 Å². The molecule has 0 aliphatic rings. The molecule has 1 atom stereocenters. The molecule has 0 aliphatic heterocycles. The second-order valence-electron chi connectivity index (χ2n) is 4.38. The maximum absolute atomic E-state index is 6.22. The van der Waals surface area contributed by atoms with Crippen molar-refractivity contribution in [3.05, 3.63) is 34.3 Å². The lowest BCUT2D eigenvalue weighted by atomic mass is 10.0. The van der Waals surface area contributed by atoms with Crippen molar-refractivity contribution in [2.75, 3.05) is 33.4 Å². The van der Waals surface area contributed by atoms with Gasteiger partial charge in [-0.3, -0.25) is 0 Å². The number of nitrogens with two attached hydrogens (primary N) is 1. The Morgan fingerprint density at radius 2 is 2.17 bits per heavy atom. The predicted octanol–water partition coefficient (Wildman–Crippen LogP) is 2.81. The first kappa shape index (κ1) is 15.6. The Hall–Kier alpha value is -0.420. The number of methoxy groups -OCH3 is 1. The summed E-state index contributed by atoms with van der Waals surface area (Å²) in [6.45, 7) is 5.96. The summed E-state index contributed by atoms with van der Waals surface area (Å²) in [7, 11) is 1.74. The molecule has 18 heavy (non-hydrogen) atoms. The van der Waals surface area contributed by atoms with Gasteiger partial charge in [0.1, 0.15) is 0 Å². The summed E-state index contributed by atoms with van der Waals surface area (Å²) >= 11 is 3.48. The number of hydrogen-bond donors (Lipinski definition) is 1. The van der Waals surface area contributed by atoms with Crippen LogP contribution in [0.25, 0.3) is 0 Å². The third-order valence-electron chi connectivity index (χ3n) is 3.09. The molecule has 0 amide bonds. The van der Waals surface area contributed by atoms with Crippen molar-refractivity contribution in [3.8, 4) is 0 Å². The van der Waals surface area contributed by atoms with E-state index in [0.717, 1.165) is 37.1 Å². The summed E-state index contributed by atoms with van der Waals surface area (Å²) in [4.78, 5) is 2.36. The first-order chi connectivity index (χ1) is 8.67. The summed E-state index contributed by atoms with van der Waals surface area (Å²) < 4.78 is 6.19. The largest absolute Gasteiger partial charge is 0.383 e. The van der Waals surface area contributed by atoms with E-state index < -0.39 is 0 Å². The molecule has 0 aromatic heterocycles. The van der Waals surface area contributed by atoms with Crippen LogP contribution in [0.15, 0.2) is 28.7 Å². The van der Waals surface area contributed by atoms with E-state index in [0.29, 0.717) is 0 Å². The molecule has 1 aromatic carbocycles. The molecule has 3 nitrogen and oxygen atoms in total. The summed E-state index contributed by atoms with van der Waals surface area (Å²) in [5.74, 6) is 0. The van der Waals surface area contributed by atoms with Gasteiger partial charge in [-0.2, -0.15) is 0 Å². The number of rotatable bonds is 8. The highest BCUT2D eigenvalue weighted by Gasteiger charge is 2.09. The van der Waals surface area contributed by atoms with Gasteiger partial charge in [-0.25, -0.2) is 0 Å². The number of halogens is 1. The minimum absolute atomic E-state index is 0.0964. The average molecular weight is 315 g/mol. The van der Waals surface area contributed by atoms with Crippen LogP contribution < -0.4 is 5.73 Å². The third-order valence-corrected chi connectivity index (χ3v) is 3.59. The van der Waals surface area contributed by atoms with E-state index in [2.05, 4.69) is 39.9 Å². The maximum atomic E-state index is 6.22. The second-order valence-corrected chi connectivity index (χ2v) is 5.29. The maximum Gasteiger partial charge on any atom is 0.0589 e. The Morgan fingerprint density at radius 3 is 2.78 bits per heavy atom. The smallest absolute Gasteiger partial charge is 0.0589 e. The molecule has 0 saturated carbocycles. The average Bonchev–Trinajstić information content (AvgIpc) is 2.38. The molecule has 1 rings (SSSR count). The van der Waals surface area contributed by atoms with Crippen LogP contribution >= 0.6 is 15.9 Å². The first-order valence-corrected chi connectivity index (χ1v) is 7.19. The van der Waals surface area contributed by atoms with E-state index >= 15 is 0 Å². The van der Waals surface area contributed by atoms with Gasteiger partial charge in [-0.1, -0.05) is 35.0 Å². The fraction of sp³-hybridized carbons (Fsp3) is 0.571. The van der Waals surface area contributed by atoms with Gasteiger partial charge in [0.05, 0.1) is 6.61 Å². The summed E-state index contributed by atoms with van der Waals surface area (Å²) in [5.41, 5.74) is 7.40. The first-order valence-electron chi connectivity index (χ1n) is 6.39. The van der Waals surface area contributed by atoms with Crippen molar-refractivity contribution in [1.29, 1.82) is 0 Å². The standard InChI is InChI=1S/C14H23BrN2O/c1-3-17(9-10-18-2)8-7-14(16)12-5-4-6-13(15)11-12/h4-6,11,14H,3,7-10,16H2,1-2H3. The minimum atomic E-state index is 0.0964. The molecule has 1 aromatic rings. The molecular weight excluding hydrogens is 292 g/mol. The lowest BCUT2D eigenvalue weighted by Gasteiger charge is -2.22. The molecule has 1 unspecified atom stereocenters. The van der Waals surface area contributed by atoms with Gasteiger partial charge >= 0.3 is 0 Å². The van der Waals surface area contributed by atoms with E-state index in [-0.39, 0.29) is 6.04 Å². The van der Waals surface area contributed by atoms with Gasteiger partial charge in [0, 0.05) is 30.7 Å².